The number of rotatable bonds is 1. The molecular weight excluding hydrogens is 186 g/mol. The molecule has 3 rings (SSSR count). The van der Waals surface area contributed by atoms with Crippen LogP contribution in [-0.2, 0) is 0 Å². The molecule has 1 fully saturated rings. The fraction of sp³-hybridized carbons (Fsp3) is 0.385. The van der Waals surface area contributed by atoms with E-state index in [0.717, 1.165) is 10.9 Å². The Morgan fingerprint density at radius 2 is 2.00 bits per heavy atom. The van der Waals surface area contributed by atoms with E-state index in [0.29, 0.717) is 11.7 Å². The molecule has 0 unspecified atom stereocenters. The van der Waals surface area contributed by atoms with Crippen LogP contribution in [0.3, 0.4) is 0 Å². The Balaban J connectivity index is 2.09. The van der Waals surface area contributed by atoms with E-state index in [-0.39, 0.29) is 0 Å². The molecule has 1 aromatic carbocycles. The standard InChI is InChI=1S/C13H15NO/c15-13-7-3-6-11-10(13)8-12(14-11)9-4-1-2-5-9/h3,6-9,14-15H,1-2,4-5H2. The van der Waals surface area contributed by atoms with Crippen LogP contribution in [0.1, 0.15) is 37.3 Å². The van der Waals surface area contributed by atoms with Crippen LogP contribution in [0.4, 0.5) is 0 Å². The zero-order chi connectivity index (χ0) is 10.3. The third-order valence-corrected chi connectivity index (χ3v) is 3.46. The fourth-order valence-corrected chi connectivity index (χ4v) is 2.62. The predicted octanol–water partition coefficient (Wildman–Crippen LogP) is 3.53. The van der Waals surface area contributed by atoms with Crippen LogP contribution in [-0.4, -0.2) is 10.1 Å². The molecule has 1 heterocycles. The van der Waals surface area contributed by atoms with Gasteiger partial charge >= 0.3 is 0 Å². The molecule has 1 aromatic heterocycles. The van der Waals surface area contributed by atoms with Gasteiger partial charge in [0.05, 0.1) is 0 Å². The van der Waals surface area contributed by atoms with Gasteiger partial charge in [0.1, 0.15) is 5.75 Å². The number of benzene rings is 1. The molecule has 2 N–H and O–H groups in total. The number of aromatic amines is 1. The molecule has 78 valence electrons. The lowest BCUT2D eigenvalue weighted by Gasteiger charge is -2.04. The van der Waals surface area contributed by atoms with Crippen molar-refractivity contribution in [2.75, 3.05) is 0 Å². The summed E-state index contributed by atoms with van der Waals surface area (Å²) in [6.07, 6.45) is 5.25. The highest BCUT2D eigenvalue weighted by Crippen LogP contribution is 2.36. The number of H-pyrrole nitrogens is 1. The van der Waals surface area contributed by atoms with E-state index in [9.17, 15) is 5.11 Å². The highest BCUT2D eigenvalue weighted by atomic mass is 16.3. The van der Waals surface area contributed by atoms with E-state index >= 15 is 0 Å². The first-order valence-corrected chi connectivity index (χ1v) is 5.65. The lowest BCUT2D eigenvalue weighted by atomic mass is 10.0. The molecule has 2 aromatic rings. The second kappa shape index (κ2) is 3.30. The summed E-state index contributed by atoms with van der Waals surface area (Å²) in [5, 5.41) is 10.7. The summed E-state index contributed by atoms with van der Waals surface area (Å²) in [6, 6.07) is 7.76. The van der Waals surface area contributed by atoms with Gasteiger partial charge in [0.25, 0.3) is 0 Å². The normalized spacial score (nSPS) is 17.6. The van der Waals surface area contributed by atoms with Gasteiger partial charge in [0.15, 0.2) is 0 Å². The van der Waals surface area contributed by atoms with Crippen LogP contribution < -0.4 is 0 Å². The lowest BCUT2D eigenvalue weighted by molar-refractivity contribution is 0.481. The average Bonchev–Trinajstić information content (AvgIpc) is 2.86. The summed E-state index contributed by atoms with van der Waals surface area (Å²) in [7, 11) is 0. The summed E-state index contributed by atoms with van der Waals surface area (Å²) >= 11 is 0. The topological polar surface area (TPSA) is 36.0 Å². The highest BCUT2D eigenvalue weighted by molar-refractivity contribution is 5.86. The Bertz CT molecular complexity index is 480. The van der Waals surface area contributed by atoms with Gasteiger partial charge in [-0.2, -0.15) is 0 Å². The number of hydrogen-bond acceptors (Lipinski definition) is 1. The summed E-state index contributed by atoms with van der Waals surface area (Å²) < 4.78 is 0. The average molecular weight is 201 g/mol. The molecule has 2 nitrogen and oxygen atoms in total. The van der Waals surface area contributed by atoms with Crippen molar-refractivity contribution in [2.24, 2.45) is 0 Å². The molecule has 0 atom stereocenters. The molecule has 0 radical (unpaired) electrons. The number of fused-ring (bicyclic) bond motifs is 1. The van der Waals surface area contributed by atoms with Gasteiger partial charge in [0.2, 0.25) is 0 Å². The maximum Gasteiger partial charge on any atom is 0.124 e. The largest absolute Gasteiger partial charge is 0.507 e. The van der Waals surface area contributed by atoms with Crippen molar-refractivity contribution >= 4 is 10.9 Å². The first-order chi connectivity index (χ1) is 7.34. The van der Waals surface area contributed by atoms with Crippen molar-refractivity contribution in [3.63, 3.8) is 0 Å². The number of hydrogen-bond donors (Lipinski definition) is 2. The number of phenols is 1. The summed E-state index contributed by atoms with van der Waals surface area (Å²) in [5.74, 6) is 1.06. The SMILES string of the molecule is Oc1cccc2[nH]c(C3CCCC3)cc12. The monoisotopic (exact) mass is 201 g/mol. The number of aromatic hydroxyl groups is 1. The second-order valence-electron chi connectivity index (χ2n) is 4.44. The van der Waals surface area contributed by atoms with Crippen LogP contribution in [0.2, 0.25) is 0 Å². The van der Waals surface area contributed by atoms with E-state index in [2.05, 4.69) is 11.1 Å². The number of phenolic OH excluding ortho intramolecular Hbond substituents is 1. The second-order valence-corrected chi connectivity index (χ2v) is 4.44. The Morgan fingerprint density at radius 3 is 2.73 bits per heavy atom. The third-order valence-electron chi connectivity index (χ3n) is 3.46. The van der Waals surface area contributed by atoms with Crippen molar-refractivity contribution in [1.82, 2.24) is 4.98 Å². The van der Waals surface area contributed by atoms with Gasteiger partial charge < -0.3 is 10.1 Å². The zero-order valence-corrected chi connectivity index (χ0v) is 8.66. The molecule has 0 spiro atoms. The molecule has 1 saturated carbocycles. The first-order valence-electron chi connectivity index (χ1n) is 5.65. The molecule has 0 saturated heterocycles. The van der Waals surface area contributed by atoms with E-state index in [1.807, 2.05) is 12.1 Å². The van der Waals surface area contributed by atoms with Gasteiger partial charge in [-0.15, -0.1) is 0 Å². The quantitative estimate of drug-likeness (QED) is 0.727. The van der Waals surface area contributed by atoms with Crippen LogP contribution in [0.25, 0.3) is 10.9 Å². The van der Waals surface area contributed by atoms with E-state index in [1.165, 1.54) is 31.4 Å². The minimum atomic E-state index is 0.382. The Morgan fingerprint density at radius 1 is 1.20 bits per heavy atom. The van der Waals surface area contributed by atoms with E-state index in [4.69, 9.17) is 0 Å². The predicted molar refractivity (Wildman–Crippen MR) is 61.2 cm³/mol. The number of aromatic nitrogens is 1. The van der Waals surface area contributed by atoms with Gasteiger partial charge in [-0.1, -0.05) is 18.9 Å². The van der Waals surface area contributed by atoms with Gasteiger partial charge in [-0.3, -0.25) is 0 Å². The van der Waals surface area contributed by atoms with Crippen LogP contribution in [0, 0.1) is 0 Å². The lowest BCUT2D eigenvalue weighted by Crippen LogP contribution is -1.90. The van der Waals surface area contributed by atoms with Gasteiger partial charge in [-0.25, -0.2) is 0 Å². The molecule has 0 amide bonds. The molecule has 0 bridgehead atoms. The Labute approximate surface area is 88.9 Å². The van der Waals surface area contributed by atoms with E-state index in [1.54, 1.807) is 6.07 Å². The zero-order valence-electron chi connectivity index (χ0n) is 8.66. The van der Waals surface area contributed by atoms with Crippen molar-refractivity contribution in [3.05, 3.63) is 30.0 Å². The summed E-state index contributed by atoms with van der Waals surface area (Å²) in [5.41, 5.74) is 2.35. The molecular formula is C13H15NO. The van der Waals surface area contributed by atoms with Gasteiger partial charge in [0, 0.05) is 16.6 Å². The highest BCUT2D eigenvalue weighted by Gasteiger charge is 2.19. The van der Waals surface area contributed by atoms with Crippen LogP contribution in [0.5, 0.6) is 5.75 Å². The van der Waals surface area contributed by atoms with Gasteiger partial charge in [-0.05, 0) is 37.0 Å². The Hall–Kier alpha value is -1.44. The first kappa shape index (κ1) is 8.84. The minimum Gasteiger partial charge on any atom is -0.507 e. The minimum absolute atomic E-state index is 0.382. The van der Waals surface area contributed by atoms with E-state index < -0.39 is 0 Å². The van der Waals surface area contributed by atoms with Crippen LogP contribution >= 0.6 is 0 Å². The molecule has 0 aliphatic heterocycles. The molecule has 1 aliphatic carbocycles. The maximum absolute atomic E-state index is 9.71. The van der Waals surface area contributed by atoms with Crippen molar-refractivity contribution < 1.29 is 5.11 Å². The van der Waals surface area contributed by atoms with Crippen molar-refractivity contribution in [3.8, 4) is 5.75 Å². The van der Waals surface area contributed by atoms with Crippen LogP contribution in [0.15, 0.2) is 24.3 Å². The number of nitrogens with one attached hydrogen (secondary N) is 1. The molecule has 1 aliphatic rings. The molecule has 15 heavy (non-hydrogen) atoms. The summed E-state index contributed by atoms with van der Waals surface area (Å²) in [4.78, 5) is 3.42. The van der Waals surface area contributed by atoms with Crippen molar-refractivity contribution in [1.29, 1.82) is 0 Å². The van der Waals surface area contributed by atoms with Crippen molar-refractivity contribution in [2.45, 2.75) is 31.6 Å². The smallest absolute Gasteiger partial charge is 0.124 e. The Kier molecular flexibility index (Phi) is 1.94. The maximum atomic E-state index is 9.71. The summed E-state index contributed by atoms with van der Waals surface area (Å²) in [6.45, 7) is 0. The third kappa shape index (κ3) is 1.41. The fourth-order valence-electron chi connectivity index (χ4n) is 2.62. The molecule has 2 heteroatoms.